The second kappa shape index (κ2) is 16.5. The van der Waals surface area contributed by atoms with Crippen molar-refractivity contribution in [1.29, 1.82) is 0 Å². The first-order valence-corrected chi connectivity index (χ1v) is 16.3. The van der Waals surface area contributed by atoms with E-state index in [4.69, 9.17) is 23.7 Å². The van der Waals surface area contributed by atoms with Crippen LogP contribution in [0.3, 0.4) is 0 Å². The van der Waals surface area contributed by atoms with Gasteiger partial charge in [-0.15, -0.1) is 0 Å². The number of rotatable bonds is 13. The smallest absolute Gasteiger partial charge is 0.410 e. The lowest BCUT2D eigenvalue weighted by Gasteiger charge is -2.43. The van der Waals surface area contributed by atoms with E-state index in [1.807, 2.05) is 66.7 Å². The van der Waals surface area contributed by atoms with Crippen molar-refractivity contribution in [3.63, 3.8) is 0 Å². The Morgan fingerprint density at radius 3 is 2.47 bits per heavy atom. The summed E-state index contributed by atoms with van der Waals surface area (Å²) in [6.45, 7) is 3.83. The molecule has 1 saturated heterocycles. The number of piperidine rings is 1. The van der Waals surface area contributed by atoms with Crippen LogP contribution in [0.1, 0.15) is 41.9 Å². The molecule has 2 amide bonds. The minimum absolute atomic E-state index is 0.0463. The van der Waals surface area contributed by atoms with Crippen molar-refractivity contribution in [1.82, 2.24) is 9.80 Å². The maximum absolute atomic E-state index is 13.7. The van der Waals surface area contributed by atoms with E-state index in [-0.39, 0.29) is 43.5 Å². The average molecular weight is 646 g/mol. The molecule has 3 aromatic rings. The highest BCUT2D eigenvalue weighted by Crippen LogP contribution is 2.38. The van der Waals surface area contributed by atoms with Gasteiger partial charge >= 0.3 is 6.09 Å². The summed E-state index contributed by atoms with van der Waals surface area (Å²) < 4.78 is 29.1. The zero-order valence-corrected chi connectivity index (χ0v) is 27.9. The Morgan fingerprint density at radius 2 is 1.74 bits per heavy atom. The number of methoxy groups -OCH3 is 2. The normalized spacial score (nSPS) is 19.0. The Balaban J connectivity index is 1.38. The Hall–Kier alpha value is -4.28. The number of hydrogen-bond acceptors (Lipinski definition) is 8. The Bertz CT molecular complexity index is 1450. The summed E-state index contributed by atoms with van der Waals surface area (Å²) in [5.74, 6) is 1.52. The van der Waals surface area contributed by atoms with Gasteiger partial charge in [0.15, 0.2) is 0 Å². The Kier molecular flexibility index (Phi) is 12.0. The van der Waals surface area contributed by atoms with E-state index in [2.05, 4.69) is 11.0 Å². The topological polar surface area (TPSA) is 90.0 Å². The number of carbonyl (C=O) groups is 2. The van der Waals surface area contributed by atoms with Gasteiger partial charge in [0.2, 0.25) is 5.91 Å². The lowest BCUT2D eigenvalue weighted by atomic mass is 9.82. The quantitative estimate of drug-likeness (QED) is 0.226. The van der Waals surface area contributed by atoms with Gasteiger partial charge in [-0.3, -0.25) is 4.79 Å². The zero-order valence-electron chi connectivity index (χ0n) is 27.9. The molecule has 10 heteroatoms. The van der Waals surface area contributed by atoms with Crippen molar-refractivity contribution < 1.29 is 33.3 Å². The molecule has 2 aliphatic heterocycles. The summed E-state index contributed by atoms with van der Waals surface area (Å²) in [6.07, 6.45) is 0.864. The Morgan fingerprint density at radius 1 is 0.957 bits per heavy atom. The maximum atomic E-state index is 13.7. The molecule has 252 valence electrons. The van der Waals surface area contributed by atoms with E-state index in [1.165, 1.54) is 0 Å². The number of benzene rings is 3. The van der Waals surface area contributed by atoms with Crippen LogP contribution in [0.2, 0.25) is 0 Å². The van der Waals surface area contributed by atoms with E-state index in [9.17, 15) is 9.59 Å². The SMILES string of the molecule is COCCCN1CCOc2ccc(CO[C@H]3CN(C(=O)OCc4ccccc4)[C@H](CC(=O)N(C)C)C[C@@H]3c3ccc(OC)cc3)cc21. The van der Waals surface area contributed by atoms with E-state index < -0.39 is 6.09 Å². The molecule has 0 bridgehead atoms. The van der Waals surface area contributed by atoms with Crippen LogP contribution >= 0.6 is 0 Å². The van der Waals surface area contributed by atoms with E-state index in [0.717, 1.165) is 53.4 Å². The van der Waals surface area contributed by atoms with Gasteiger partial charge in [-0.05, 0) is 53.8 Å². The lowest BCUT2D eigenvalue weighted by molar-refractivity contribution is -0.131. The van der Waals surface area contributed by atoms with Crippen LogP contribution in [0.5, 0.6) is 11.5 Å². The molecule has 0 aromatic heterocycles. The van der Waals surface area contributed by atoms with Crippen LogP contribution in [-0.4, -0.2) is 95.1 Å². The fraction of sp³-hybridized carbons (Fsp3) is 0.459. The van der Waals surface area contributed by atoms with Gasteiger partial charge in [-0.25, -0.2) is 4.79 Å². The molecule has 0 unspecified atom stereocenters. The minimum atomic E-state index is -0.454. The number of carbonyl (C=O) groups excluding carboxylic acids is 2. The van der Waals surface area contributed by atoms with Crippen LogP contribution in [0, 0.1) is 0 Å². The molecule has 0 aliphatic carbocycles. The minimum Gasteiger partial charge on any atom is -0.497 e. The van der Waals surface area contributed by atoms with Crippen LogP contribution in [0.15, 0.2) is 72.8 Å². The first kappa shape index (κ1) is 34.1. The molecule has 0 radical (unpaired) electrons. The summed E-state index contributed by atoms with van der Waals surface area (Å²) >= 11 is 0. The first-order valence-electron chi connectivity index (χ1n) is 16.3. The molecule has 0 spiro atoms. The monoisotopic (exact) mass is 645 g/mol. The fourth-order valence-corrected chi connectivity index (χ4v) is 6.26. The maximum Gasteiger partial charge on any atom is 0.410 e. The van der Waals surface area contributed by atoms with Crippen LogP contribution in [0.4, 0.5) is 10.5 Å². The van der Waals surface area contributed by atoms with Gasteiger partial charge in [0, 0.05) is 52.7 Å². The molecule has 3 atom stereocenters. The van der Waals surface area contributed by atoms with Crippen molar-refractivity contribution in [3.8, 4) is 11.5 Å². The molecule has 10 nitrogen and oxygen atoms in total. The summed E-state index contributed by atoms with van der Waals surface area (Å²) in [5, 5.41) is 0. The second-order valence-electron chi connectivity index (χ2n) is 12.3. The van der Waals surface area contributed by atoms with Gasteiger partial charge in [-0.1, -0.05) is 48.5 Å². The Labute approximate surface area is 278 Å². The van der Waals surface area contributed by atoms with Gasteiger partial charge in [0.25, 0.3) is 0 Å². The third-order valence-corrected chi connectivity index (χ3v) is 8.91. The molecule has 0 saturated carbocycles. The first-order chi connectivity index (χ1) is 22.9. The zero-order chi connectivity index (χ0) is 33.2. The molecule has 5 rings (SSSR count). The van der Waals surface area contributed by atoms with Crippen molar-refractivity contribution >= 4 is 17.7 Å². The van der Waals surface area contributed by atoms with Crippen LogP contribution in [-0.2, 0) is 32.2 Å². The summed E-state index contributed by atoms with van der Waals surface area (Å²) in [4.78, 5) is 32.2. The molecule has 2 heterocycles. The highest BCUT2D eigenvalue weighted by Gasteiger charge is 2.41. The van der Waals surface area contributed by atoms with Gasteiger partial charge < -0.3 is 38.4 Å². The average Bonchev–Trinajstić information content (AvgIpc) is 3.10. The van der Waals surface area contributed by atoms with Crippen molar-refractivity contribution in [3.05, 3.63) is 89.5 Å². The van der Waals surface area contributed by atoms with E-state index >= 15 is 0 Å². The van der Waals surface area contributed by atoms with E-state index in [0.29, 0.717) is 26.2 Å². The molecule has 2 aliphatic rings. The second-order valence-corrected chi connectivity index (χ2v) is 12.3. The summed E-state index contributed by atoms with van der Waals surface area (Å²) in [5.41, 5.74) is 4.04. The van der Waals surface area contributed by atoms with Crippen molar-refractivity contribution in [2.75, 3.05) is 66.1 Å². The summed E-state index contributed by atoms with van der Waals surface area (Å²) in [7, 11) is 6.84. The molecule has 1 fully saturated rings. The molecule has 47 heavy (non-hydrogen) atoms. The molecule has 0 N–H and O–H groups in total. The number of ether oxygens (including phenoxy) is 5. The molecule has 3 aromatic carbocycles. The lowest BCUT2D eigenvalue weighted by Crippen LogP contribution is -2.53. The number of nitrogens with zero attached hydrogens (tertiary/aromatic N) is 3. The number of hydrogen-bond donors (Lipinski definition) is 0. The van der Waals surface area contributed by atoms with E-state index in [1.54, 1.807) is 38.1 Å². The molecular weight excluding hydrogens is 598 g/mol. The highest BCUT2D eigenvalue weighted by atomic mass is 16.6. The predicted molar refractivity (Wildman–Crippen MR) is 180 cm³/mol. The summed E-state index contributed by atoms with van der Waals surface area (Å²) in [6, 6.07) is 23.4. The number of likely N-dealkylation sites (tertiary alicyclic amines) is 1. The largest absolute Gasteiger partial charge is 0.497 e. The van der Waals surface area contributed by atoms with Gasteiger partial charge in [0.05, 0.1) is 38.6 Å². The molecular formula is C37H47N3O7. The number of anilines is 1. The van der Waals surface area contributed by atoms with Crippen molar-refractivity contribution in [2.24, 2.45) is 0 Å². The fourth-order valence-electron chi connectivity index (χ4n) is 6.26. The standard InChI is InChI=1S/C37H47N3O7/c1-38(2)36(41)23-30-22-32(29-12-14-31(44-4)15-13-29)35(24-40(30)37(42)47-25-27-9-6-5-7-10-27)46-26-28-11-16-34-33(21-28)39(18-20-45-34)17-8-19-43-3/h5-7,9-16,21,30,32,35H,8,17-20,22-26H2,1-4H3/t30-,32+,35-/m0/s1. The number of fused-ring (bicyclic) bond motifs is 1. The highest BCUT2D eigenvalue weighted by molar-refractivity contribution is 5.77. The van der Waals surface area contributed by atoms with Crippen LogP contribution < -0.4 is 14.4 Å². The third kappa shape index (κ3) is 8.96. The predicted octanol–water partition coefficient (Wildman–Crippen LogP) is 5.49. The number of amides is 2. The van der Waals surface area contributed by atoms with Gasteiger partial charge in [-0.2, -0.15) is 0 Å². The van der Waals surface area contributed by atoms with Crippen LogP contribution in [0.25, 0.3) is 0 Å². The van der Waals surface area contributed by atoms with Gasteiger partial charge in [0.1, 0.15) is 24.7 Å². The van der Waals surface area contributed by atoms with Crippen molar-refractivity contribution in [2.45, 2.75) is 50.5 Å². The third-order valence-electron chi connectivity index (χ3n) is 8.91.